The Morgan fingerprint density at radius 2 is 1.70 bits per heavy atom. The number of amides is 1. The molecule has 4 N–H and O–H groups in total. The summed E-state index contributed by atoms with van der Waals surface area (Å²) in [7, 11) is -1.52. The van der Waals surface area contributed by atoms with Crippen molar-refractivity contribution in [2.24, 2.45) is 17.3 Å². The van der Waals surface area contributed by atoms with Crippen LogP contribution in [0.1, 0.15) is 131 Å². The molecule has 1 spiro atoms. The maximum Gasteiger partial charge on any atom is 0.312 e. The number of piperidine rings is 1. The predicted molar refractivity (Wildman–Crippen MR) is 292 cm³/mol. The van der Waals surface area contributed by atoms with Gasteiger partial charge in [0.25, 0.3) is 21.8 Å². The molecule has 5 fully saturated rings. The molecule has 0 unspecified atom stereocenters. The highest BCUT2D eigenvalue weighted by molar-refractivity contribution is 7.90. The Labute approximate surface area is 450 Å². The number of nitrogens with one attached hydrogen (secondary N) is 3. The number of ether oxygens (including phenoxy) is 3. The molecule has 0 radical (unpaired) electrons. The standard InChI is InChI=1S/C57H74FN9O9S/c1-36(2)43-8-6-7-9-44(43)49-35-64(34-38-10-13-41(74-4)14-11-38)24-25-66(49)40-29-57(30-40)20-22-65(23-21-57)39-12-15-45(50(26-39)76-51-28-46-47(58)33-61-52(46)62-55(51)75-5)54(68)63-77(72,73)42-27-48(67(70)71)53(60-32-42)59-31-37-16-18-56(3,69)19-17-37/h6-9,12,15,26-28,32-33,36-38,40-41,49,69H,10-11,13-14,16-25,29-31,34-35H2,1-5H3,(H,59,60)(H,61,62)(H,63,68)/t37?,38?,41?,49-,56?/m0/s1. The van der Waals surface area contributed by atoms with Gasteiger partial charge < -0.3 is 34.5 Å². The summed E-state index contributed by atoms with van der Waals surface area (Å²) >= 11 is 0. The molecule has 18 nitrogen and oxygen atoms in total. The van der Waals surface area contributed by atoms with Crippen LogP contribution in [0.25, 0.3) is 11.0 Å². The van der Waals surface area contributed by atoms with E-state index in [2.05, 4.69) is 77.8 Å². The highest BCUT2D eigenvalue weighted by Gasteiger charge is 2.50. The second-order valence-corrected chi connectivity index (χ2v) is 24.8. The van der Waals surface area contributed by atoms with Gasteiger partial charge in [0.1, 0.15) is 22.1 Å². The first-order valence-electron chi connectivity index (χ1n) is 27.5. The molecule has 2 aliphatic heterocycles. The summed E-state index contributed by atoms with van der Waals surface area (Å²) in [6.07, 6.45) is 14.1. The lowest BCUT2D eigenvalue weighted by molar-refractivity contribution is -0.384. The first-order valence-corrected chi connectivity index (χ1v) is 28.9. The summed E-state index contributed by atoms with van der Waals surface area (Å²) in [6, 6.07) is 17.0. The number of aromatic amines is 1. The number of aromatic nitrogens is 3. The number of benzene rings is 2. The molecule has 77 heavy (non-hydrogen) atoms. The molecule has 2 saturated heterocycles. The van der Waals surface area contributed by atoms with E-state index in [0.29, 0.717) is 62.3 Å². The molecular weight excluding hydrogens is 1010 g/mol. The normalized spacial score (nSPS) is 24.4. The zero-order chi connectivity index (χ0) is 54.2. The van der Waals surface area contributed by atoms with Crippen LogP contribution in [-0.2, 0) is 14.8 Å². The van der Waals surface area contributed by atoms with E-state index in [1.54, 1.807) is 19.1 Å². The number of pyridine rings is 2. The van der Waals surface area contributed by atoms with Gasteiger partial charge in [-0.05, 0) is 130 Å². The molecule has 5 heterocycles. The number of nitrogens with zero attached hydrogens (tertiary/aromatic N) is 6. The van der Waals surface area contributed by atoms with Gasteiger partial charge in [-0.3, -0.25) is 24.7 Å². The third-order valence-electron chi connectivity index (χ3n) is 17.6. The first kappa shape index (κ1) is 54.4. The Morgan fingerprint density at radius 3 is 2.40 bits per heavy atom. The lowest BCUT2D eigenvalue weighted by atomic mass is 9.59. The Balaban J connectivity index is 0.848. The number of sulfonamides is 1. The van der Waals surface area contributed by atoms with Crippen LogP contribution in [0.3, 0.4) is 0 Å². The van der Waals surface area contributed by atoms with Crippen LogP contribution >= 0.6 is 0 Å². The summed E-state index contributed by atoms with van der Waals surface area (Å²) in [5, 5.41) is 25.7. The van der Waals surface area contributed by atoms with Gasteiger partial charge in [-0.25, -0.2) is 22.5 Å². The zero-order valence-electron chi connectivity index (χ0n) is 44.9. The van der Waals surface area contributed by atoms with Crippen molar-refractivity contribution in [3.8, 4) is 17.4 Å². The van der Waals surface area contributed by atoms with Gasteiger partial charge in [0.15, 0.2) is 5.75 Å². The molecule has 2 aromatic carbocycles. The number of methoxy groups -OCH3 is 2. The van der Waals surface area contributed by atoms with Gasteiger partial charge in [0.05, 0.1) is 40.9 Å². The first-order chi connectivity index (χ1) is 36.9. The summed E-state index contributed by atoms with van der Waals surface area (Å²) in [5.41, 5.74) is 2.53. The number of carbonyl (C=O) groups is 1. The molecule has 3 saturated carbocycles. The van der Waals surface area contributed by atoms with Gasteiger partial charge in [-0.2, -0.15) is 4.98 Å². The summed E-state index contributed by atoms with van der Waals surface area (Å²) < 4.78 is 62.4. The summed E-state index contributed by atoms with van der Waals surface area (Å²) in [6.45, 7) is 12.5. The number of H-pyrrole nitrogens is 1. The number of carbonyl (C=O) groups excluding carboxylic acids is 1. The van der Waals surface area contributed by atoms with E-state index in [9.17, 15) is 32.8 Å². The zero-order valence-corrected chi connectivity index (χ0v) is 45.7. The van der Waals surface area contributed by atoms with Crippen LogP contribution in [0.4, 0.5) is 21.6 Å². The van der Waals surface area contributed by atoms with Gasteiger partial charge in [0.2, 0.25) is 5.82 Å². The van der Waals surface area contributed by atoms with E-state index in [1.807, 2.05) is 7.11 Å². The van der Waals surface area contributed by atoms with Crippen molar-refractivity contribution in [2.45, 2.75) is 132 Å². The largest absolute Gasteiger partial charge is 0.478 e. The van der Waals surface area contributed by atoms with E-state index >= 15 is 0 Å². The molecule has 20 heteroatoms. The Morgan fingerprint density at radius 1 is 0.961 bits per heavy atom. The molecule has 3 aromatic heterocycles. The number of halogens is 1. The van der Waals surface area contributed by atoms with E-state index < -0.39 is 42.9 Å². The van der Waals surface area contributed by atoms with Gasteiger partial charge in [-0.15, -0.1) is 0 Å². The molecule has 0 bridgehead atoms. The third-order valence-corrected chi connectivity index (χ3v) is 18.9. The van der Waals surface area contributed by atoms with Crippen molar-refractivity contribution in [3.05, 3.63) is 99.6 Å². The molecule has 414 valence electrons. The smallest absolute Gasteiger partial charge is 0.312 e. The summed E-state index contributed by atoms with van der Waals surface area (Å²) in [5.74, 6) is -0.577. The highest BCUT2D eigenvalue weighted by atomic mass is 32.2. The van der Waals surface area contributed by atoms with Gasteiger partial charge in [0, 0.05) is 95.1 Å². The number of nitro groups is 1. The maximum absolute atomic E-state index is 14.9. The number of rotatable bonds is 17. The quantitative estimate of drug-likeness (QED) is 0.0503. The van der Waals surface area contributed by atoms with Crippen molar-refractivity contribution in [3.63, 3.8) is 0 Å². The minimum absolute atomic E-state index is 0.00756. The van der Waals surface area contributed by atoms with E-state index in [4.69, 9.17) is 14.2 Å². The topological polar surface area (TPSA) is 218 Å². The van der Waals surface area contributed by atoms with E-state index in [-0.39, 0.29) is 51.1 Å². The molecular formula is C57H74FN9O9S. The highest BCUT2D eigenvalue weighted by Crippen LogP contribution is 2.54. The summed E-state index contributed by atoms with van der Waals surface area (Å²) in [4.78, 5) is 44.2. The predicted octanol–water partition coefficient (Wildman–Crippen LogP) is 9.71. The van der Waals surface area contributed by atoms with Crippen LogP contribution in [0.15, 0.2) is 71.9 Å². The van der Waals surface area contributed by atoms with Crippen LogP contribution in [-0.4, -0.2) is 127 Å². The molecule has 5 aliphatic rings. The van der Waals surface area contributed by atoms with Crippen molar-refractivity contribution < 1.29 is 41.8 Å². The monoisotopic (exact) mass is 1080 g/mol. The molecule has 10 rings (SSSR count). The lowest BCUT2D eigenvalue weighted by Crippen LogP contribution is -2.60. The van der Waals surface area contributed by atoms with Crippen LogP contribution in [0.5, 0.6) is 17.4 Å². The minimum atomic E-state index is -4.74. The van der Waals surface area contributed by atoms with Crippen molar-refractivity contribution in [2.75, 3.05) is 70.2 Å². The molecule has 1 amide bonds. The fourth-order valence-corrected chi connectivity index (χ4v) is 13.9. The molecule has 3 aliphatic carbocycles. The van der Waals surface area contributed by atoms with E-state index in [0.717, 1.165) is 102 Å². The van der Waals surface area contributed by atoms with Crippen LogP contribution in [0.2, 0.25) is 0 Å². The van der Waals surface area contributed by atoms with E-state index in [1.165, 1.54) is 43.2 Å². The number of hydrogen-bond acceptors (Lipinski definition) is 15. The Kier molecular flexibility index (Phi) is 15.9. The fourth-order valence-electron chi connectivity index (χ4n) is 12.9. The SMILES string of the molecule is COc1nc2[nH]cc(F)c2cc1Oc1cc(N2CCC3(CC2)CC(N2CCN(CC4CCC(OC)CC4)C[C@H]2c2ccccc2C(C)C)C3)ccc1C(=O)NS(=O)(=O)c1cnc(NCC2CCC(C)(O)CC2)c([N+](=O)[O-])c1. The fraction of sp³-hybridized carbons (Fsp3) is 0.561. The van der Waals surface area contributed by atoms with Crippen LogP contribution < -0.4 is 24.4 Å². The van der Waals surface area contributed by atoms with Crippen molar-refractivity contribution in [1.29, 1.82) is 0 Å². The Hall–Kier alpha value is -5.93. The Bertz CT molecular complexity index is 3050. The third kappa shape index (κ3) is 11.9. The molecule has 1 atom stereocenters. The van der Waals surface area contributed by atoms with Crippen LogP contribution in [0, 0.1) is 33.2 Å². The number of fused-ring (bicyclic) bond motifs is 1. The second-order valence-electron chi connectivity index (χ2n) is 23.1. The van der Waals surface area contributed by atoms with Gasteiger partial charge >= 0.3 is 5.69 Å². The average molecular weight is 1080 g/mol. The average Bonchev–Trinajstić information content (AvgIpc) is 3.78. The maximum atomic E-state index is 14.9. The molecule has 5 aromatic rings. The number of hydrogen-bond donors (Lipinski definition) is 4. The number of piperazine rings is 1. The lowest BCUT2D eigenvalue weighted by Gasteiger charge is -2.58. The second kappa shape index (κ2) is 22.4. The minimum Gasteiger partial charge on any atom is -0.478 e. The van der Waals surface area contributed by atoms with Gasteiger partial charge in [-0.1, -0.05) is 38.1 Å². The van der Waals surface area contributed by atoms with Crippen molar-refractivity contribution >= 4 is 44.2 Å². The number of aliphatic hydroxyl groups is 1. The van der Waals surface area contributed by atoms with Crippen molar-refractivity contribution in [1.82, 2.24) is 29.5 Å². The number of anilines is 2.